The molecule has 0 saturated carbocycles. The van der Waals surface area contributed by atoms with Gasteiger partial charge in [-0.25, -0.2) is 0 Å². The van der Waals surface area contributed by atoms with Gasteiger partial charge in [0.25, 0.3) is 0 Å². The van der Waals surface area contributed by atoms with Crippen molar-refractivity contribution in [3.05, 3.63) is 59.7 Å². The van der Waals surface area contributed by atoms with Gasteiger partial charge in [0.05, 0.1) is 0 Å². The molecule has 0 N–H and O–H groups in total. The molecule has 118 valence electrons. The molecule has 0 radical (unpaired) electrons. The Kier molecular flexibility index (Phi) is 4.37. The Labute approximate surface area is 136 Å². The number of rotatable bonds is 2. The molecule has 0 unspecified atom stereocenters. The molecule has 1 nitrogen and oxygen atoms in total. The maximum absolute atomic E-state index is 2.40. The second-order valence-electron chi connectivity index (χ2n) is 8.14. The zero-order valence-electron chi connectivity index (χ0n) is 15.1. The van der Waals surface area contributed by atoms with Crippen molar-refractivity contribution in [1.82, 2.24) is 0 Å². The fourth-order valence-corrected chi connectivity index (χ4v) is 2.73. The van der Waals surface area contributed by atoms with Crippen LogP contribution in [0.3, 0.4) is 0 Å². The minimum absolute atomic E-state index is 0.0263. The third-order valence-electron chi connectivity index (χ3n) is 3.95. The van der Waals surface area contributed by atoms with E-state index in [2.05, 4.69) is 102 Å². The molecule has 0 aliphatic heterocycles. The Bertz CT molecular complexity index is 607. The van der Waals surface area contributed by atoms with E-state index in [9.17, 15) is 0 Å². The molecular formula is C21H29N. The lowest BCUT2D eigenvalue weighted by molar-refractivity contribution is 0.559. The summed E-state index contributed by atoms with van der Waals surface area (Å²) in [7, 11) is 0. The standard InChI is InChI=1S/C21H29N/c1-16-8-12-18(13-9-16)22(21(5,6)7)19-14-10-17(11-15-19)20(2,3)4/h8-15H,1-7H3. The first-order valence-corrected chi connectivity index (χ1v) is 8.06. The Hall–Kier alpha value is -1.76. The summed E-state index contributed by atoms with van der Waals surface area (Å²) in [6.07, 6.45) is 0. The Morgan fingerprint density at radius 3 is 1.41 bits per heavy atom. The molecule has 0 amide bonds. The van der Waals surface area contributed by atoms with Crippen molar-refractivity contribution in [2.45, 2.75) is 59.4 Å². The van der Waals surface area contributed by atoms with E-state index < -0.39 is 0 Å². The van der Waals surface area contributed by atoms with Gasteiger partial charge in [-0.1, -0.05) is 50.6 Å². The maximum Gasteiger partial charge on any atom is 0.0416 e. The van der Waals surface area contributed by atoms with Gasteiger partial charge >= 0.3 is 0 Å². The summed E-state index contributed by atoms with van der Waals surface area (Å²) in [6, 6.07) is 17.8. The van der Waals surface area contributed by atoms with Gasteiger partial charge in [0.2, 0.25) is 0 Å². The number of benzene rings is 2. The van der Waals surface area contributed by atoms with Crippen molar-refractivity contribution in [2.24, 2.45) is 0 Å². The number of hydrogen-bond donors (Lipinski definition) is 0. The number of anilines is 2. The van der Waals surface area contributed by atoms with Crippen molar-refractivity contribution in [2.75, 3.05) is 4.90 Å². The largest absolute Gasteiger partial charge is 0.336 e. The third-order valence-corrected chi connectivity index (χ3v) is 3.95. The zero-order chi connectivity index (χ0) is 16.5. The second-order valence-corrected chi connectivity index (χ2v) is 8.14. The van der Waals surface area contributed by atoms with E-state index in [1.165, 1.54) is 22.5 Å². The normalized spacial score (nSPS) is 12.3. The summed E-state index contributed by atoms with van der Waals surface area (Å²) in [5.74, 6) is 0. The van der Waals surface area contributed by atoms with E-state index in [0.29, 0.717) is 0 Å². The summed E-state index contributed by atoms with van der Waals surface area (Å²) in [5.41, 5.74) is 5.36. The maximum atomic E-state index is 2.40. The van der Waals surface area contributed by atoms with Gasteiger partial charge in [-0.3, -0.25) is 0 Å². The topological polar surface area (TPSA) is 3.24 Å². The molecule has 0 aliphatic rings. The first kappa shape index (κ1) is 16.6. The second kappa shape index (κ2) is 5.79. The number of hydrogen-bond acceptors (Lipinski definition) is 1. The van der Waals surface area contributed by atoms with Crippen LogP contribution in [0.15, 0.2) is 48.5 Å². The van der Waals surface area contributed by atoms with Gasteiger partial charge in [0.1, 0.15) is 0 Å². The van der Waals surface area contributed by atoms with Crippen LogP contribution >= 0.6 is 0 Å². The molecule has 22 heavy (non-hydrogen) atoms. The van der Waals surface area contributed by atoms with E-state index >= 15 is 0 Å². The molecule has 0 spiro atoms. The fourth-order valence-electron chi connectivity index (χ4n) is 2.73. The van der Waals surface area contributed by atoms with Crippen LogP contribution in [0.5, 0.6) is 0 Å². The molecule has 0 fully saturated rings. The highest BCUT2D eigenvalue weighted by molar-refractivity contribution is 5.66. The smallest absolute Gasteiger partial charge is 0.0416 e. The molecule has 0 heterocycles. The van der Waals surface area contributed by atoms with E-state index in [1.54, 1.807) is 0 Å². The van der Waals surface area contributed by atoms with E-state index in [0.717, 1.165) is 0 Å². The molecule has 0 aromatic heterocycles. The van der Waals surface area contributed by atoms with Crippen LogP contribution in [0.25, 0.3) is 0 Å². The van der Waals surface area contributed by atoms with Gasteiger partial charge in [-0.05, 0) is 62.9 Å². The quantitative estimate of drug-likeness (QED) is 0.635. The summed E-state index contributed by atoms with van der Waals surface area (Å²) in [5, 5.41) is 0. The van der Waals surface area contributed by atoms with E-state index in [1.807, 2.05) is 0 Å². The van der Waals surface area contributed by atoms with Gasteiger partial charge in [0, 0.05) is 16.9 Å². The van der Waals surface area contributed by atoms with Crippen molar-refractivity contribution in [3.8, 4) is 0 Å². The van der Waals surface area contributed by atoms with Crippen molar-refractivity contribution in [1.29, 1.82) is 0 Å². The van der Waals surface area contributed by atoms with Crippen LogP contribution in [-0.4, -0.2) is 5.54 Å². The monoisotopic (exact) mass is 295 g/mol. The highest BCUT2D eigenvalue weighted by Gasteiger charge is 2.24. The molecule has 2 aromatic rings. The minimum Gasteiger partial charge on any atom is -0.336 e. The predicted molar refractivity (Wildman–Crippen MR) is 98.2 cm³/mol. The Balaban J connectivity index is 2.45. The Morgan fingerprint density at radius 1 is 0.636 bits per heavy atom. The van der Waals surface area contributed by atoms with Gasteiger partial charge in [-0.15, -0.1) is 0 Å². The van der Waals surface area contributed by atoms with Gasteiger partial charge < -0.3 is 4.90 Å². The summed E-state index contributed by atoms with van der Waals surface area (Å²) < 4.78 is 0. The summed E-state index contributed by atoms with van der Waals surface area (Å²) in [6.45, 7) is 15.7. The molecule has 1 heteroatoms. The molecule has 0 aliphatic carbocycles. The van der Waals surface area contributed by atoms with Crippen LogP contribution in [-0.2, 0) is 5.41 Å². The van der Waals surface area contributed by atoms with Crippen molar-refractivity contribution < 1.29 is 0 Å². The lowest BCUT2D eigenvalue weighted by atomic mass is 9.87. The third kappa shape index (κ3) is 3.71. The fraction of sp³-hybridized carbons (Fsp3) is 0.429. The molecule has 0 saturated heterocycles. The summed E-state index contributed by atoms with van der Waals surface area (Å²) in [4.78, 5) is 2.40. The highest BCUT2D eigenvalue weighted by Crippen LogP contribution is 2.34. The van der Waals surface area contributed by atoms with Crippen LogP contribution in [0, 0.1) is 6.92 Å². The molecular weight excluding hydrogens is 266 g/mol. The molecule has 0 bridgehead atoms. The molecule has 2 rings (SSSR count). The lowest BCUT2D eigenvalue weighted by Crippen LogP contribution is -2.37. The van der Waals surface area contributed by atoms with E-state index in [-0.39, 0.29) is 11.0 Å². The Morgan fingerprint density at radius 2 is 1.05 bits per heavy atom. The van der Waals surface area contributed by atoms with Crippen LogP contribution in [0.2, 0.25) is 0 Å². The SMILES string of the molecule is Cc1ccc(N(c2ccc(C(C)(C)C)cc2)C(C)(C)C)cc1. The zero-order valence-corrected chi connectivity index (χ0v) is 15.1. The number of aryl methyl sites for hydroxylation is 1. The van der Waals surface area contributed by atoms with Gasteiger partial charge in [0.15, 0.2) is 0 Å². The van der Waals surface area contributed by atoms with E-state index in [4.69, 9.17) is 0 Å². The highest BCUT2D eigenvalue weighted by atomic mass is 15.2. The van der Waals surface area contributed by atoms with Crippen LogP contribution < -0.4 is 4.90 Å². The summed E-state index contributed by atoms with van der Waals surface area (Å²) >= 11 is 0. The number of nitrogens with zero attached hydrogens (tertiary/aromatic N) is 1. The minimum atomic E-state index is 0.0263. The van der Waals surface area contributed by atoms with Gasteiger partial charge in [-0.2, -0.15) is 0 Å². The average molecular weight is 295 g/mol. The lowest BCUT2D eigenvalue weighted by Gasteiger charge is -2.38. The van der Waals surface area contributed by atoms with Crippen LogP contribution in [0.1, 0.15) is 52.7 Å². The average Bonchev–Trinajstić information content (AvgIpc) is 2.39. The first-order chi connectivity index (χ1) is 10.1. The predicted octanol–water partition coefficient (Wildman–Crippen LogP) is 6.23. The first-order valence-electron chi connectivity index (χ1n) is 8.06. The van der Waals surface area contributed by atoms with Crippen molar-refractivity contribution >= 4 is 11.4 Å². The molecule has 0 atom stereocenters. The van der Waals surface area contributed by atoms with Crippen LogP contribution in [0.4, 0.5) is 11.4 Å². The molecule has 2 aromatic carbocycles. The van der Waals surface area contributed by atoms with Crippen molar-refractivity contribution in [3.63, 3.8) is 0 Å².